The Balaban J connectivity index is 2.04. The monoisotopic (exact) mass is 1020 g/mol. The van der Waals surface area contributed by atoms with Gasteiger partial charge in [0.15, 0.2) is 6.29 Å². The first-order valence-electron chi connectivity index (χ1n) is 30.0. The van der Waals surface area contributed by atoms with E-state index >= 15 is 0 Å². The predicted molar refractivity (Wildman–Crippen MR) is 308 cm³/mol. The van der Waals surface area contributed by atoms with E-state index in [9.17, 15) is 30.3 Å². The molecule has 1 fully saturated rings. The van der Waals surface area contributed by atoms with Crippen molar-refractivity contribution in [2.24, 2.45) is 0 Å². The van der Waals surface area contributed by atoms with Crippen molar-refractivity contribution < 1.29 is 39.8 Å². The normalized spacial score (nSPS) is 19.8. The van der Waals surface area contributed by atoms with Crippen LogP contribution in [0.1, 0.15) is 245 Å². The third kappa shape index (κ3) is 42.0. The quantitative estimate of drug-likeness (QED) is 0.0261. The average molecular weight is 1020 g/mol. The molecule has 0 aliphatic carbocycles. The summed E-state index contributed by atoms with van der Waals surface area (Å²) in [5.74, 6) is -0.192. The standard InChI is InChI=1S/C64H111NO8/c1-3-5-7-9-11-13-15-16-17-18-19-20-21-22-23-24-25-26-27-28-29-30-31-32-33-34-35-36-37-38-39-40-41-42-44-46-48-50-52-54-60(68)65-57(56-72-64-63(71)62(70)61(69)59(55-66)73-64)58(67)53-51-49-47-45-43-14-12-10-8-6-4-2/h5,7-8,10-11,13,16-17,19-20,22-23,43,45,51,53,57-59,61-64,66-67,69-71H,3-4,6,9,12,14-15,18,21,24-42,44,46-50,52,54-56H2,1-2H3,(H,65,68)/b7-5-,10-8+,13-11-,17-16-,20-19-,23-22-,45-43+,53-51+. The molecule has 0 saturated carbocycles. The van der Waals surface area contributed by atoms with Gasteiger partial charge in [-0.15, -0.1) is 0 Å². The molecule has 0 aromatic rings. The van der Waals surface area contributed by atoms with Gasteiger partial charge in [0, 0.05) is 6.42 Å². The summed E-state index contributed by atoms with van der Waals surface area (Å²) in [4.78, 5) is 13.0. The number of hydrogen-bond acceptors (Lipinski definition) is 8. The first-order chi connectivity index (χ1) is 35.8. The average Bonchev–Trinajstić information content (AvgIpc) is 3.39. The molecule has 1 amide bonds. The molecule has 420 valence electrons. The van der Waals surface area contributed by atoms with Crippen molar-refractivity contribution in [3.05, 3.63) is 97.2 Å². The minimum atomic E-state index is -1.58. The number of unbranched alkanes of at least 4 members (excludes halogenated alkanes) is 26. The van der Waals surface area contributed by atoms with Gasteiger partial charge in [-0.1, -0.05) is 252 Å². The molecular formula is C64H111NO8. The van der Waals surface area contributed by atoms with Crippen molar-refractivity contribution >= 4 is 5.91 Å². The van der Waals surface area contributed by atoms with Crippen molar-refractivity contribution in [1.29, 1.82) is 0 Å². The Bertz CT molecular complexity index is 1460. The Labute approximate surface area is 447 Å². The van der Waals surface area contributed by atoms with Crippen LogP contribution in [-0.4, -0.2) is 87.5 Å². The zero-order valence-electron chi connectivity index (χ0n) is 46.6. The Hall–Kier alpha value is -2.89. The molecule has 6 N–H and O–H groups in total. The van der Waals surface area contributed by atoms with Gasteiger partial charge in [-0.3, -0.25) is 4.79 Å². The maximum Gasteiger partial charge on any atom is 0.220 e. The van der Waals surface area contributed by atoms with Crippen molar-refractivity contribution in [3.63, 3.8) is 0 Å². The number of aliphatic hydroxyl groups is 5. The summed E-state index contributed by atoms with van der Waals surface area (Å²) >= 11 is 0. The number of hydrogen-bond donors (Lipinski definition) is 6. The number of nitrogens with one attached hydrogen (secondary N) is 1. The highest BCUT2D eigenvalue weighted by Crippen LogP contribution is 2.23. The summed E-state index contributed by atoms with van der Waals surface area (Å²) in [7, 11) is 0. The second-order valence-corrected chi connectivity index (χ2v) is 20.4. The summed E-state index contributed by atoms with van der Waals surface area (Å²) in [5, 5.41) is 54.3. The van der Waals surface area contributed by atoms with E-state index in [2.05, 4.69) is 104 Å². The van der Waals surface area contributed by atoms with Gasteiger partial charge in [-0.05, 0) is 83.5 Å². The highest BCUT2D eigenvalue weighted by Gasteiger charge is 2.44. The van der Waals surface area contributed by atoms with E-state index in [-0.39, 0.29) is 12.5 Å². The van der Waals surface area contributed by atoms with E-state index in [1.165, 1.54) is 135 Å². The first kappa shape index (κ1) is 68.1. The smallest absolute Gasteiger partial charge is 0.220 e. The predicted octanol–water partition coefficient (Wildman–Crippen LogP) is 15.2. The number of rotatable bonds is 50. The summed E-state index contributed by atoms with van der Waals surface area (Å²) in [6.45, 7) is 3.56. The molecule has 1 saturated heterocycles. The fourth-order valence-electron chi connectivity index (χ4n) is 8.93. The fraction of sp³-hybridized carbons (Fsp3) is 0.734. The van der Waals surface area contributed by atoms with Crippen molar-refractivity contribution in [1.82, 2.24) is 5.32 Å². The van der Waals surface area contributed by atoms with E-state index in [1.54, 1.807) is 6.08 Å². The van der Waals surface area contributed by atoms with Gasteiger partial charge in [0.25, 0.3) is 0 Å². The molecule has 0 aromatic heterocycles. The Morgan fingerprint density at radius 1 is 0.479 bits per heavy atom. The van der Waals surface area contributed by atoms with Gasteiger partial charge in [0.2, 0.25) is 5.91 Å². The maximum atomic E-state index is 13.0. The van der Waals surface area contributed by atoms with Crippen LogP contribution in [0.2, 0.25) is 0 Å². The van der Waals surface area contributed by atoms with Crippen LogP contribution in [0.3, 0.4) is 0 Å². The van der Waals surface area contributed by atoms with Gasteiger partial charge in [0.05, 0.1) is 25.4 Å². The summed E-state index contributed by atoms with van der Waals surface area (Å²) < 4.78 is 11.2. The van der Waals surface area contributed by atoms with E-state index in [0.29, 0.717) is 6.42 Å². The first-order valence-corrected chi connectivity index (χ1v) is 30.0. The summed E-state index contributed by atoms with van der Waals surface area (Å²) in [6, 6.07) is -0.829. The zero-order valence-corrected chi connectivity index (χ0v) is 46.6. The lowest BCUT2D eigenvalue weighted by Crippen LogP contribution is -2.60. The van der Waals surface area contributed by atoms with Crippen LogP contribution >= 0.6 is 0 Å². The van der Waals surface area contributed by atoms with E-state index in [1.807, 2.05) is 6.08 Å². The van der Waals surface area contributed by atoms with E-state index < -0.39 is 49.5 Å². The number of carbonyl (C=O) groups excluding carboxylic acids is 1. The molecule has 0 aromatic carbocycles. The molecule has 0 radical (unpaired) electrons. The Morgan fingerprint density at radius 3 is 1.30 bits per heavy atom. The minimum absolute atomic E-state index is 0.192. The third-order valence-corrected chi connectivity index (χ3v) is 13.6. The molecule has 73 heavy (non-hydrogen) atoms. The second kappa shape index (κ2) is 52.5. The molecule has 0 bridgehead atoms. The number of carbonyl (C=O) groups is 1. The summed E-state index contributed by atoms with van der Waals surface area (Å²) in [5.41, 5.74) is 0. The van der Waals surface area contributed by atoms with Crippen molar-refractivity contribution in [3.8, 4) is 0 Å². The van der Waals surface area contributed by atoms with Crippen LogP contribution < -0.4 is 5.32 Å². The second-order valence-electron chi connectivity index (χ2n) is 20.4. The van der Waals surface area contributed by atoms with E-state index in [4.69, 9.17) is 9.47 Å². The lowest BCUT2D eigenvalue weighted by Gasteiger charge is -2.40. The number of ether oxygens (including phenoxy) is 2. The maximum absolute atomic E-state index is 13.0. The van der Waals surface area contributed by atoms with Gasteiger partial charge in [-0.25, -0.2) is 0 Å². The van der Waals surface area contributed by atoms with Crippen molar-refractivity contribution in [2.45, 2.75) is 288 Å². The lowest BCUT2D eigenvalue weighted by atomic mass is 9.99. The topological polar surface area (TPSA) is 149 Å². The van der Waals surface area contributed by atoms with E-state index in [0.717, 1.165) is 89.9 Å². The fourth-order valence-corrected chi connectivity index (χ4v) is 8.93. The molecule has 0 spiro atoms. The molecule has 1 heterocycles. The van der Waals surface area contributed by atoms with Crippen LogP contribution in [0.15, 0.2) is 97.2 Å². The lowest BCUT2D eigenvalue weighted by molar-refractivity contribution is -0.302. The Morgan fingerprint density at radius 2 is 0.863 bits per heavy atom. The zero-order chi connectivity index (χ0) is 52.9. The van der Waals surface area contributed by atoms with Gasteiger partial charge in [-0.2, -0.15) is 0 Å². The SMILES string of the molecule is CC/C=C\C/C=C\C/C=C\C/C=C\C/C=C\CCCCCCCCCCCCCCCCCCCCCCCCCC(=O)NC(COC1OC(CO)C(O)C(O)C1O)C(O)/C=C/CC/C=C/CC/C=C/CCC. The van der Waals surface area contributed by atoms with Gasteiger partial charge >= 0.3 is 0 Å². The number of amides is 1. The molecule has 9 nitrogen and oxygen atoms in total. The molecule has 1 aliphatic rings. The Kier molecular flexibility index (Phi) is 49.0. The molecule has 7 atom stereocenters. The van der Waals surface area contributed by atoms with Crippen LogP contribution in [0.5, 0.6) is 0 Å². The minimum Gasteiger partial charge on any atom is -0.394 e. The highest BCUT2D eigenvalue weighted by molar-refractivity contribution is 5.76. The van der Waals surface area contributed by atoms with Crippen LogP contribution in [0.4, 0.5) is 0 Å². The highest BCUT2D eigenvalue weighted by atomic mass is 16.7. The molecular weight excluding hydrogens is 911 g/mol. The summed E-state index contributed by atoms with van der Waals surface area (Å²) in [6.07, 6.45) is 69.5. The van der Waals surface area contributed by atoms with Crippen LogP contribution in [0.25, 0.3) is 0 Å². The van der Waals surface area contributed by atoms with Crippen molar-refractivity contribution in [2.75, 3.05) is 13.2 Å². The number of aliphatic hydroxyl groups excluding tert-OH is 5. The van der Waals surface area contributed by atoms with Crippen LogP contribution in [0, 0.1) is 0 Å². The molecule has 7 unspecified atom stereocenters. The number of allylic oxidation sites excluding steroid dienone is 15. The van der Waals surface area contributed by atoms with Gasteiger partial charge < -0.3 is 40.3 Å². The third-order valence-electron chi connectivity index (χ3n) is 13.6. The molecule has 1 aliphatic heterocycles. The van der Waals surface area contributed by atoms with Gasteiger partial charge in [0.1, 0.15) is 24.4 Å². The largest absolute Gasteiger partial charge is 0.394 e. The molecule has 1 rings (SSSR count). The molecule has 9 heteroatoms. The van der Waals surface area contributed by atoms with Crippen LogP contribution in [-0.2, 0) is 14.3 Å².